The fraction of sp³-hybridized carbons (Fsp3) is 0.417. The summed E-state index contributed by atoms with van der Waals surface area (Å²) in [4.78, 5) is 21.3. The van der Waals surface area contributed by atoms with Crippen LogP contribution in [-0.2, 0) is 9.53 Å². The molecule has 1 aliphatic rings. The molecule has 1 fully saturated rings. The zero-order valence-corrected chi connectivity index (χ0v) is 9.46. The number of rotatable bonds is 4. The molecule has 0 spiro atoms. The molecule has 0 radical (unpaired) electrons. The molecule has 1 saturated heterocycles. The SMILES string of the molecule is CCC[C@H]1C(=O)O[C@@H]1c1ccc([N+](=O)[O-])cc1. The molecule has 17 heavy (non-hydrogen) atoms. The minimum atomic E-state index is -0.444. The quantitative estimate of drug-likeness (QED) is 0.457. The van der Waals surface area contributed by atoms with Crippen LogP contribution < -0.4 is 0 Å². The van der Waals surface area contributed by atoms with Gasteiger partial charge in [-0.05, 0) is 24.1 Å². The smallest absolute Gasteiger partial charge is 0.313 e. The molecule has 0 unspecified atom stereocenters. The predicted molar refractivity (Wildman–Crippen MR) is 60.3 cm³/mol. The van der Waals surface area contributed by atoms with Crippen molar-refractivity contribution in [3.63, 3.8) is 0 Å². The van der Waals surface area contributed by atoms with E-state index in [9.17, 15) is 14.9 Å². The Morgan fingerprint density at radius 3 is 2.47 bits per heavy atom. The first-order valence-electron chi connectivity index (χ1n) is 5.58. The van der Waals surface area contributed by atoms with Crippen LogP contribution in [0.1, 0.15) is 31.4 Å². The monoisotopic (exact) mass is 235 g/mol. The number of nitrogens with zero attached hydrogens (tertiary/aromatic N) is 1. The van der Waals surface area contributed by atoms with E-state index in [1.165, 1.54) is 12.1 Å². The number of carbonyl (C=O) groups is 1. The zero-order valence-electron chi connectivity index (χ0n) is 9.46. The number of nitro benzene ring substituents is 1. The van der Waals surface area contributed by atoms with Crippen molar-refractivity contribution in [2.45, 2.75) is 25.9 Å². The molecule has 0 amide bonds. The van der Waals surface area contributed by atoms with Gasteiger partial charge in [-0.2, -0.15) is 0 Å². The first-order valence-corrected chi connectivity index (χ1v) is 5.58. The van der Waals surface area contributed by atoms with Crippen LogP contribution in [0.5, 0.6) is 0 Å². The summed E-state index contributed by atoms with van der Waals surface area (Å²) in [5, 5.41) is 10.5. The number of non-ortho nitro benzene ring substituents is 1. The van der Waals surface area contributed by atoms with E-state index in [1.54, 1.807) is 12.1 Å². The average molecular weight is 235 g/mol. The van der Waals surface area contributed by atoms with Crippen LogP contribution in [0.2, 0.25) is 0 Å². The van der Waals surface area contributed by atoms with Crippen LogP contribution in [-0.4, -0.2) is 10.9 Å². The fourth-order valence-electron chi connectivity index (χ4n) is 2.01. The first-order chi connectivity index (χ1) is 8.13. The summed E-state index contributed by atoms with van der Waals surface area (Å²) in [6, 6.07) is 6.17. The number of esters is 1. The highest BCUT2D eigenvalue weighted by molar-refractivity contribution is 5.79. The standard InChI is InChI=1S/C12H13NO4/c1-2-3-10-11(17-12(10)14)8-4-6-9(7-5-8)13(15)16/h4-7,10-11H,2-3H2,1H3/t10-,11-/m1/s1. The summed E-state index contributed by atoms with van der Waals surface area (Å²) in [5.41, 5.74) is 0.875. The van der Waals surface area contributed by atoms with Crippen LogP contribution in [0.25, 0.3) is 0 Å². The summed E-state index contributed by atoms with van der Waals surface area (Å²) in [6.45, 7) is 2.01. The number of hydrogen-bond acceptors (Lipinski definition) is 4. The molecule has 1 aliphatic heterocycles. The van der Waals surface area contributed by atoms with Crippen molar-refractivity contribution in [1.29, 1.82) is 0 Å². The molecule has 2 rings (SSSR count). The van der Waals surface area contributed by atoms with Gasteiger partial charge in [0.25, 0.3) is 5.69 Å². The van der Waals surface area contributed by atoms with Crippen molar-refractivity contribution in [1.82, 2.24) is 0 Å². The second kappa shape index (κ2) is 4.53. The van der Waals surface area contributed by atoms with Crippen molar-refractivity contribution in [3.8, 4) is 0 Å². The van der Waals surface area contributed by atoms with E-state index in [1.807, 2.05) is 6.92 Å². The Morgan fingerprint density at radius 2 is 2.00 bits per heavy atom. The van der Waals surface area contributed by atoms with E-state index in [0.717, 1.165) is 18.4 Å². The Kier molecular flexibility index (Phi) is 3.08. The second-order valence-corrected chi connectivity index (χ2v) is 4.10. The van der Waals surface area contributed by atoms with Gasteiger partial charge in [0.15, 0.2) is 0 Å². The molecular formula is C12H13NO4. The lowest BCUT2D eigenvalue weighted by molar-refractivity contribution is -0.384. The van der Waals surface area contributed by atoms with Crippen LogP contribution >= 0.6 is 0 Å². The Morgan fingerprint density at radius 1 is 1.35 bits per heavy atom. The predicted octanol–water partition coefficient (Wildman–Crippen LogP) is 2.61. The van der Waals surface area contributed by atoms with E-state index < -0.39 is 4.92 Å². The van der Waals surface area contributed by atoms with Gasteiger partial charge in [0.2, 0.25) is 0 Å². The van der Waals surface area contributed by atoms with E-state index in [0.29, 0.717) is 0 Å². The minimum absolute atomic E-state index is 0.0476. The third kappa shape index (κ3) is 2.13. The highest BCUT2D eigenvalue weighted by Gasteiger charge is 2.42. The van der Waals surface area contributed by atoms with Crippen molar-refractivity contribution in [2.75, 3.05) is 0 Å². The summed E-state index contributed by atoms with van der Waals surface area (Å²) >= 11 is 0. The number of ether oxygens (including phenoxy) is 1. The summed E-state index contributed by atoms with van der Waals surface area (Å²) in [6.07, 6.45) is 1.48. The molecule has 0 N–H and O–H groups in total. The Bertz CT molecular complexity index is 440. The van der Waals surface area contributed by atoms with Crippen LogP contribution in [0.4, 0.5) is 5.69 Å². The van der Waals surface area contributed by atoms with Crippen molar-refractivity contribution < 1.29 is 14.5 Å². The third-order valence-electron chi connectivity index (χ3n) is 2.94. The van der Waals surface area contributed by atoms with Gasteiger partial charge in [-0.1, -0.05) is 13.3 Å². The van der Waals surface area contributed by atoms with Gasteiger partial charge in [0.1, 0.15) is 6.10 Å². The van der Waals surface area contributed by atoms with E-state index in [2.05, 4.69) is 0 Å². The van der Waals surface area contributed by atoms with Gasteiger partial charge in [0.05, 0.1) is 10.8 Å². The van der Waals surface area contributed by atoms with Gasteiger partial charge >= 0.3 is 5.97 Å². The molecule has 0 aliphatic carbocycles. The number of benzene rings is 1. The highest BCUT2D eigenvalue weighted by Crippen LogP contribution is 2.39. The molecule has 0 saturated carbocycles. The lowest BCUT2D eigenvalue weighted by Crippen LogP contribution is -2.38. The lowest BCUT2D eigenvalue weighted by atomic mass is 9.87. The highest BCUT2D eigenvalue weighted by atomic mass is 16.6. The van der Waals surface area contributed by atoms with Crippen molar-refractivity contribution in [2.24, 2.45) is 5.92 Å². The van der Waals surface area contributed by atoms with Gasteiger partial charge in [-0.25, -0.2) is 0 Å². The van der Waals surface area contributed by atoms with Crippen LogP contribution in [0.15, 0.2) is 24.3 Å². The number of nitro groups is 1. The normalized spacial score (nSPS) is 22.8. The molecule has 0 aromatic heterocycles. The maximum Gasteiger partial charge on any atom is 0.313 e. The molecule has 90 valence electrons. The molecule has 5 heteroatoms. The van der Waals surface area contributed by atoms with Crippen LogP contribution in [0, 0.1) is 16.0 Å². The fourth-order valence-corrected chi connectivity index (χ4v) is 2.01. The van der Waals surface area contributed by atoms with E-state index >= 15 is 0 Å². The average Bonchev–Trinajstić information content (AvgIpc) is 2.33. The Labute approximate surface area is 98.5 Å². The molecule has 2 atom stereocenters. The van der Waals surface area contributed by atoms with Crippen molar-refractivity contribution in [3.05, 3.63) is 39.9 Å². The van der Waals surface area contributed by atoms with E-state index in [-0.39, 0.29) is 23.7 Å². The summed E-state index contributed by atoms with van der Waals surface area (Å²) < 4.78 is 5.08. The molecule has 1 aromatic carbocycles. The van der Waals surface area contributed by atoms with Crippen molar-refractivity contribution >= 4 is 11.7 Å². The Balaban J connectivity index is 2.13. The summed E-state index contributed by atoms with van der Waals surface area (Å²) in [5.74, 6) is -0.267. The molecule has 1 aromatic rings. The molecule has 5 nitrogen and oxygen atoms in total. The second-order valence-electron chi connectivity index (χ2n) is 4.10. The number of hydrogen-bond donors (Lipinski definition) is 0. The van der Waals surface area contributed by atoms with Gasteiger partial charge in [-0.3, -0.25) is 14.9 Å². The lowest BCUT2D eigenvalue weighted by Gasteiger charge is -2.35. The minimum Gasteiger partial charge on any atom is -0.456 e. The zero-order chi connectivity index (χ0) is 12.4. The molecular weight excluding hydrogens is 222 g/mol. The molecule has 1 heterocycles. The van der Waals surface area contributed by atoms with Gasteiger partial charge in [0, 0.05) is 12.1 Å². The first kappa shape index (κ1) is 11.6. The summed E-state index contributed by atoms with van der Waals surface area (Å²) in [7, 11) is 0. The maximum atomic E-state index is 11.2. The largest absolute Gasteiger partial charge is 0.456 e. The molecule has 0 bridgehead atoms. The van der Waals surface area contributed by atoms with Gasteiger partial charge in [-0.15, -0.1) is 0 Å². The maximum absolute atomic E-state index is 11.2. The number of carbonyl (C=O) groups excluding carboxylic acids is 1. The Hall–Kier alpha value is -1.91. The van der Waals surface area contributed by atoms with E-state index in [4.69, 9.17) is 4.74 Å². The third-order valence-corrected chi connectivity index (χ3v) is 2.94. The topological polar surface area (TPSA) is 69.4 Å². The van der Waals surface area contributed by atoms with Gasteiger partial charge < -0.3 is 4.74 Å². The number of cyclic esters (lactones) is 1. The van der Waals surface area contributed by atoms with Crippen LogP contribution in [0.3, 0.4) is 0 Å².